The van der Waals surface area contributed by atoms with Crippen molar-refractivity contribution in [1.82, 2.24) is 15.5 Å². The van der Waals surface area contributed by atoms with Crippen LogP contribution in [0.1, 0.15) is 52.5 Å². The Balaban J connectivity index is 1.55. The number of nitrogens with zero attached hydrogens (tertiary/aromatic N) is 1. The van der Waals surface area contributed by atoms with Gasteiger partial charge in [-0.1, -0.05) is 51.1 Å². The first-order chi connectivity index (χ1) is 14.5. The molecule has 0 bridgehead atoms. The van der Waals surface area contributed by atoms with Crippen LogP contribution in [-0.2, 0) is 25.7 Å². The third-order valence-corrected chi connectivity index (χ3v) is 5.90. The van der Waals surface area contributed by atoms with Gasteiger partial charge in [-0.25, -0.2) is 4.79 Å². The van der Waals surface area contributed by atoms with E-state index >= 15 is 0 Å². The zero-order valence-corrected chi connectivity index (χ0v) is 18.6. The number of amides is 4. The van der Waals surface area contributed by atoms with E-state index in [4.69, 9.17) is 4.74 Å². The lowest BCUT2D eigenvalue weighted by Crippen LogP contribution is -2.54. The molecule has 0 unspecified atom stereocenters. The van der Waals surface area contributed by atoms with Crippen molar-refractivity contribution >= 4 is 23.8 Å². The summed E-state index contributed by atoms with van der Waals surface area (Å²) in [4.78, 5) is 51.1. The Morgan fingerprint density at radius 3 is 2.55 bits per heavy atom. The van der Waals surface area contributed by atoms with E-state index in [0.717, 1.165) is 16.9 Å². The number of carbonyl (C=O) groups excluding carboxylic acids is 4. The van der Waals surface area contributed by atoms with Crippen LogP contribution in [0.3, 0.4) is 0 Å². The average Bonchev–Trinajstić information content (AvgIpc) is 2.88. The molecule has 1 spiro atoms. The number of esters is 1. The highest BCUT2D eigenvalue weighted by atomic mass is 16.5. The molecular formula is C23H31N3O5. The maximum absolute atomic E-state index is 13.1. The van der Waals surface area contributed by atoms with Gasteiger partial charge in [-0.3, -0.25) is 19.3 Å². The summed E-state index contributed by atoms with van der Waals surface area (Å²) in [5, 5.41) is 5.53. The minimum absolute atomic E-state index is 0.0948. The molecule has 8 nitrogen and oxygen atoms in total. The van der Waals surface area contributed by atoms with Crippen molar-refractivity contribution in [3.63, 3.8) is 0 Å². The molecule has 1 aromatic rings. The predicted octanol–water partition coefficient (Wildman–Crippen LogP) is 2.37. The van der Waals surface area contributed by atoms with Crippen LogP contribution >= 0.6 is 0 Å². The van der Waals surface area contributed by atoms with Crippen LogP contribution in [0.15, 0.2) is 30.3 Å². The summed E-state index contributed by atoms with van der Waals surface area (Å²) in [6, 6.07) is 8.77. The highest BCUT2D eigenvalue weighted by Crippen LogP contribution is 2.46. The van der Waals surface area contributed by atoms with Crippen molar-refractivity contribution in [3.05, 3.63) is 35.9 Å². The molecule has 0 radical (unpaired) electrons. The summed E-state index contributed by atoms with van der Waals surface area (Å²) < 4.78 is 5.17. The smallest absolute Gasteiger partial charge is 0.327 e. The first-order valence-corrected chi connectivity index (χ1v) is 10.7. The molecule has 1 aromatic carbocycles. The topological polar surface area (TPSA) is 105 Å². The number of benzene rings is 1. The molecule has 3 atom stereocenters. The van der Waals surface area contributed by atoms with Gasteiger partial charge in [0, 0.05) is 6.54 Å². The number of hydrogen-bond donors (Lipinski definition) is 2. The standard InChI is InChI=1S/C23H31N3O5/c1-15-10-22(3,4)14-23(11-15)20(29)26(21(30)25-23)13-18(27)31-16(2)19(28)24-12-17-8-6-5-7-9-17/h5-9,15-16H,10-14H2,1-4H3,(H,24,28)(H,25,30)/t15-,16+,23-/m1/s1. The summed E-state index contributed by atoms with van der Waals surface area (Å²) in [6.45, 7) is 7.47. The van der Waals surface area contributed by atoms with Crippen LogP contribution in [0.2, 0.25) is 0 Å². The minimum atomic E-state index is -1.04. The third kappa shape index (κ3) is 5.24. The zero-order chi connectivity index (χ0) is 22.8. The van der Waals surface area contributed by atoms with Crippen molar-refractivity contribution in [2.45, 2.75) is 65.1 Å². The number of imide groups is 1. The first kappa shape index (κ1) is 22.8. The fraction of sp³-hybridized carbons (Fsp3) is 0.565. The molecule has 2 N–H and O–H groups in total. The highest BCUT2D eigenvalue weighted by Gasteiger charge is 2.56. The van der Waals surface area contributed by atoms with Crippen molar-refractivity contribution < 1.29 is 23.9 Å². The predicted molar refractivity (Wildman–Crippen MR) is 114 cm³/mol. The molecule has 1 saturated carbocycles. The van der Waals surface area contributed by atoms with Gasteiger partial charge in [-0.15, -0.1) is 0 Å². The van der Waals surface area contributed by atoms with Gasteiger partial charge in [0.15, 0.2) is 6.10 Å². The van der Waals surface area contributed by atoms with E-state index in [1.807, 2.05) is 30.3 Å². The molecule has 8 heteroatoms. The third-order valence-electron chi connectivity index (χ3n) is 5.90. The molecule has 1 saturated heterocycles. The molecule has 2 fully saturated rings. The van der Waals surface area contributed by atoms with Gasteiger partial charge in [0.25, 0.3) is 11.8 Å². The van der Waals surface area contributed by atoms with Crippen molar-refractivity contribution in [2.24, 2.45) is 11.3 Å². The Labute approximate surface area is 182 Å². The second kappa shape index (κ2) is 8.69. The lowest BCUT2D eigenvalue weighted by molar-refractivity contribution is -0.157. The first-order valence-electron chi connectivity index (χ1n) is 10.7. The molecule has 31 heavy (non-hydrogen) atoms. The molecule has 0 aromatic heterocycles. The quantitative estimate of drug-likeness (QED) is 0.534. The van der Waals surface area contributed by atoms with Crippen molar-refractivity contribution in [2.75, 3.05) is 6.54 Å². The Morgan fingerprint density at radius 2 is 1.90 bits per heavy atom. The van der Waals surface area contributed by atoms with E-state index in [1.165, 1.54) is 6.92 Å². The fourth-order valence-electron chi connectivity index (χ4n) is 5.00. The SMILES string of the molecule is C[C@@H]1CC(C)(C)C[C@@]2(C1)NC(=O)N(CC(=O)O[C@@H](C)C(=O)NCc1ccccc1)C2=O. The van der Waals surface area contributed by atoms with Gasteiger partial charge < -0.3 is 15.4 Å². The molecular weight excluding hydrogens is 398 g/mol. The lowest BCUT2D eigenvalue weighted by atomic mass is 9.64. The van der Waals surface area contributed by atoms with Crippen LogP contribution in [0, 0.1) is 11.3 Å². The largest absolute Gasteiger partial charge is 0.451 e. The fourth-order valence-corrected chi connectivity index (χ4v) is 5.00. The Morgan fingerprint density at radius 1 is 1.23 bits per heavy atom. The Hall–Kier alpha value is -2.90. The molecule has 2 aliphatic rings. The van der Waals surface area contributed by atoms with Crippen molar-refractivity contribution in [3.8, 4) is 0 Å². The van der Waals surface area contributed by atoms with Crippen LogP contribution in [0.25, 0.3) is 0 Å². The van der Waals surface area contributed by atoms with Crippen LogP contribution in [0.4, 0.5) is 4.79 Å². The van der Waals surface area contributed by atoms with Gasteiger partial charge in [0.2, 0.25) is 0 Å². The van der Waals surface area contributed by atoms with Crippen LogP contribution < -0.4 is 10.6 Å². The highest BCUT2D eigenvalue weighted by molar-refractivity contribution is 6.08. The second-order valence-electron chi connectivity index (χ2n) is 9.59. The molecule has 4 amide bonds. The molecule has 1 aliphatic heterocycles. The van der Waals surface area contributed by atoms with Gasteiger partial charge in [0.05, 0.1) is 0 Å². The number of nitrogens with one attached hydrogen (secondary N) is 2. The van der Waals surface area contributed by atoms with E-state index in [2.05, 4.69) is 31.4 Å². The number of rotatable bonds is 6. The summed E-state index contributed by atoms with van der Waals surface area (Å²) in [5.74, 6) is -1.37. The van der Waals surface area contributed by atoms with E-state index in [0.29, 0.717) is 19.4 Å². The number of ether oxygens (including phenoxy) is 1. The van der Waals surface area contributed by atoms with Gasteiger partial charge in [-0.05, 0) is 43.1 Å². The zero-order valence-electron chi connectivity index (χ0n) is 18.6. The van der Waals surface area contributed by atoms with Gasteiger partial charge >= 0.3 is 12.0 Å². The molecule has 1 heterocycles. The number of carbonyl (C=O) groups is 4. The van der Waals surface area contributed by atoms with E-state index in [9.17, 15) is 19.2 Å². The second-order valence-corrected chi connectivity index (χ2v) is 9.59. The summed E-state index contributed by atoms with van der Waals surface area (Å²) in [7, 11) is 0. The van der Waals surface area contributed by atoms with E-state index in [1.54, 1.807) is 0 Å². The normalized spacial score (nSPS) is 25.8. The minimum Gasteiger partial charge on any atom is -0.451 e. The molecule has 168 valence electrons. The molecule has 3 rings (SSSR count). The average molecular weight is 430 g/mol. The van der Waals surface area contributed by atoms with E-state index < -0.39 is 42.0 Å². The van der Waals surface area contributed by atoms with Gasteiger partial charge in [-0.2, -0.15) is 0 Å². The maximum Gasteiger partial charge on any atom is 0.327 e. The number of hydrogen-bond acceptors (Lipinski definition) is 5. The Bertz CT molecular complexity index is 869. The van der Waals surface area contributed by atoms with E-state index in [-0.39, 0.29) is 11.3 Å². The molecule has 1 aliphatic carbocycles. The maximum atomic E-state index is 13.1. The lowest BCUT2D eigenvalue weighted by Gasteiger charge is -2.43. The summed E-state index contributed by atoms with van der Waals surface area (Å²) in [5.41, 5.74) is -0.150. The number of urea groups is 1. The Kier molecular flexibility index (Phi) is 6.38. The van der Waals surface area contributed by atoms with Crippen LogP contribution in [-0.4, -0.2) is 46.9 Å². The summed E-state index contributed by atoms with van der Waals surface area (Å²) in [6.07, 6.45) is 0.999. The van der Waals surface area contributed by atoms with Gasteiger partial charge in [0.1, 0.15) is 12.1 Å². The van der Waals surface area contributed by atoms with Crippen LogP contribution in [0.5, 0.6) is 0 Å². The summed E-state index contributed by atoms with van der Waals surface area (Å²) >= 11 is 0. The van der Waals surface area contributed by atoms with Crippen molar-refractivity contribution in [1.29, 1.82) is 0 Å². The monoisotopic (exact) mass is 429 g/mol.